The van der Waals surface area contributed by atoms with Crippen LogP contribution < -0.4 is 10.9 Å². The van der Waals surface area contributed by atoms with Gasteiger partial charge in [0, 0.05) is 39.9 Å². The van der Waals surface area contributed by atoms with Gasteiger partial charge >= 0.3 is 5.97 Å². The Morgan fingerprint density at radius 1 is 1.27 bits per heavy atom. The monoisotopic (exact) mass is 546 g/mol. The lowest BCUT2D eigenvalue weighted by atomic mass is 9.68. The number of nitrogens with one attached hydrogen (secondary N) is 1. The summed E-state index contributed by atoms with van der Waals surface area (Å²) in [4.78, 5) is 32.2. The maximum atomic E-state index is 13.4. The van der Waals surface area contributed by atoms with Gasteiger partial charge in [-0.1, -0.05) is 11.8 Å². The molecule has 4 aliphatic rings. The van der Waals surface area contributed by atoms with E-state index in [4.69, 9.17) is 16.6 Å². The van der Waals surface area contributed by atoms with Crippen molar-refractivity contribution >= 4 is 29.3 Å². The lowest BCUT2D eigenvalue weighted by Gasteiger charge is -2.44. The number of aromatic nitrogens is 2. The van der Waals surface area contributed by atoms with Crippen LogP contribution in [0.4, 0.5) is 0 Å². The number of alkyl halides is 1. The number of hydrogen-bond donors (Lipinski definition) is 2. The number of halogens is 1. The number of rotatable bonds is 4. The number of piperidine rings is 1. The van der Waals surface area contributed by atoms with Crippen LogP contribution in [0.1, 0.15) is 49.2 Å². The van der Waals surface area contributed by atoms with E-state index in [0.717, 1.165) is 68.6 Å². The van der Waals surface area contributed by atoms with Crippen LogP contribution in [-0.4, -0.2) is 74.6 Å². The largest absolute Gasteiger partial charge is 0.481 e. The number of hydrogen-bond acceptors (Lipinski definition) is 6. The molecule has 8 atom stereocenters. The van der Waals surface area contributed by atoms with Gasteiger partial charge in [-0.05, 0) is 84.3 Å². The Morgan fingerprint density at radius 3 is 2.84 bits per heavy atom. The summed E-state index contributed by atoms with van der Waals surface area (Å²) in [5.41, 5.74) is 1.87. The maximum Gasteiger partial charge on any atom is 0.308 e. The molecule has 1 aromatic heterocycles. The maximum absolute atomic E-state index is 13.4. The van der Waals surface area contributed by atoms with Crippen molar-refractivity contribution < 1.29 is 9.90 Å². The van der Waals surface area contributed by atoms with Gasteiger partial charge in [0.2, 0.25) is 0 Å². The second-order valence-electron chi connectivity index (χ2n) is 11.5. The molecule has 37 heavy (non-hydrogen) atoms. The molecule has 7 unspecified atom stereocenters. The van der Waals surface area contributed by atoms with Gasteiger partial charge in [-0.15, -0.1) is 11.6 Å². The highest BCUT2D eigenvalue weighted by Crippen LogP contribution is 2.48. The molecule has 0 aromatic carbocycles. The predicted octanol–water partition coefficient (Wildman–Crippen LogP) is 2.79. The predicted molar refractivity (Wildman–Crippen MR) is 148 cm³/mol. The van der Waals surface area contributed by atoms with Crippen LogP contribution in [0, 0.1) is 42.4 Å². The summed E-state index contributed by atoms with van der Waals surface area (Å²) in [6.45, 7) is 3.12. The van der Waals surface area contributed by atoms with Gasteiger partial charge in [0.15, 0.2) is 0 Å². The number of fused-ring (bicyclic) bond motifs is 2. The number of thioether (sulfide) groups is 1. The van der Waals surface area contributed by atoms with Crippen molar-refractivity contribution in [2.24, 2.45) is 23.7 Å². The quantitative estimate of drug-likeness (QED) is 0.443. The molecule has 2 N–H and O–H groups in total. The minimum absolute atomic E-state index is 0.0272. The van der Waals surface area contributed by atoms with Crippen molar-refractivity contribution in [3.05, 3.63) is 27.4 Å². The van der Waals surface area contributed by atoms with Crippen LogP contribution in [0.15, 0.2) is 4.79 Å². The number of aliphatic carboxylic acids is 1. The van der Waals surface area contributed by atoms with E-state index in [2.05, 4.69) is 36.2 Å². The molecule has 5 rings (SSSR count). The second kappa shape index (κ2) is 11.3. The lowest BCUT2D eigenvalue weighted by molar-refractivity contribution is -0.141. The fourth-order valence-electron chi connectivity index (χ4n) is 7.06. The zero-order chi connectivity index (χ0) is 26.3. The first kappa shape index (κ1) is 27.1. The van der Waals surface area contributed by atoms with Crippen LogP contribution in [0.2, 0.25) is 0 Å². The molecule has 2 saturated heterocycles. The number of likely N-dealkylation sites (N-methyl/N-ethyl adjacent to an activating group) is 1. The van der Waals surface area contributed by atoms with E-state index in [9.17, 15) is 14.7 Å². The highest BCUT2D eigenvalue weighted by molar-refractivity contribution is 8.00. The van der Waals surface area contributed by atoms with Gasteiger partial charge in [-0.3, -0.25) is 14.2 Å². The highest BCUT2D eigenvalue weighted by Gasteiger charge is 2.50. The van der Waals surface area contributed by atoms with Gasteiger partial charge in [0.1, 0.15) is 5.82 Å². The Morgan fingerprint density at radius 2 is 2.08 bits per heavy atom. The van der Waals surface area contributed by atoms with Crippen molar-refractivity contribution in [1.82, 2.24) is 19.8 Å². The lowest BCUT2D eigenvalue weighted by Crippen LogP contribution is -2.53. The summed E-state index contributed by atoms with van der Waals surface area (Å²) in [5.74, 6) is 8.33. The first-order valence-electron chi connectivity index (χ1n) is 13.7. The number of carboxylic acid groups (broad SMARTS) is 1. The number of aryl methyl sites for hydroxylation is 2. The Kier molecular flexibility index (Phi) is 8.26. The first-order chi connectivity index (χ1) is 17.7. The Hall–Kier alpha value is -1.53. The SMILES string of the molecule is Cc1nc2c(c(=O)n1CC#CC1CCC(Cl)CC1C1CCNC3C(C(=O)O)CSC13)C[C@@H](N(C)C)CC2. The molecule has 9 heteroatoms. The van der Waals surface area contributed by atoms with E-state index in [1.54, 1.807) is 4.57 Å². The van der Waals surface area contributed by atoms with E-state index in [1.807, 2.05) is 18.7 Å². The fourth-order valence-corrected chi connectivity index (χ4v) is 9.25. The second-order valence-corrected chi connectivity index (χ2v) is 13.3. The van der Waals surface area contributed by atoms with Crippen LogP contribution in [0.3, 0.4) is 0 Å². The molecular formula is C28H39ClN4O3S. The minimum atomic E-state index is -0.695. The fraction of sp³-hybridized carbons (Fsp3) is 0.750. The molecule has 2 aliphatic heterocycles. The molecule has 0 bridgehead atoms. The summed E-state index contributed by atoms with van der Waals surface area (Å²) in [6, 6.07) is 0.401. The molecule has 3 fully saturated rings. The summed E-state index contributed by atoms with van der Waals surface area (Å²) in [5, 5.41) is 13.6. The Labute approximate surface area is 229 Å². The van der Waals surface area contributed by atoms with Crippen LogP contribution in [0.5, 0.6) is 0 Å². The molecule has 7 nitrogen and oxygen atoms in total. The van der Waals surface area contributed by atoms with Crippen molar-refractivity contribution in [3.8, 4) is 11.8 Å². The van der Waals surface area contributed by atoms with E-state index in [-0.39, 0.29) is 28.8 Å². The third-order valence-corrected chi connectivity index (χ3v) is 11.2. The van der Waals surface area contributed by atoms with Gasteiger partial charge < -0.3 is 15.3 Å². The van der Waals surface area contributed by atoms with Crippen LogP contribution >= 0.6 is 23.4 Å². The van der Waals surface area contributed by atoms with Crippen molar-refractivity contribution in [1.29, 1.82) is 0 Å². The van der Waals surface area contributed by atoms with E-state index < -0.39 is 5.97 Å². The summed E-state index contributed by atoms with van der Waals surface area (Å²) in [7, 11) is 4.15. The van der Waals surface area contributed by atoms with E-state index >= 15 is 0 Å². The van der Waals surface area contributed by atoms with Crippen molar-refractivity contribution in [2.45, 2.75) is 81.1 Å². The first-order valence-corrected chi connectivity index (χ1v) is 15.2. The molecule has 202 valence electrons. The number of carboxylic acids is 1. The number of carbonyl (C=O) groups is 1. The van der Waals surface area contributed by atoms with Crippen LogP contribution in [0.25, 0.3) is 0 Å². The Balaban J connectivity index is 1.35. The summed E-state index contributed by atoms with van der Waals surface area (Å²) in [6.07, 6.45) is 6.50. The topological polar surface area (TPSA) is 87.5 Å². The van der Waals surface area contributed by atoms with E-state index in [1.165, 1.54) is 0 Å². The van der Waals surface area contributed by atoms with Crippen molar-refractivity contribution in [2.75, 3.05) is 26.4 Å². The zero-order valence-corrected chi connectivity index (χ0v) is 23.7. The normalized spacial score (nSPS) is 35.4. The molecule has 0 amide bonds. The molecular weight excluding hydrogens is 508 g/mol. The highest BCUT2D eigenvalue weighted by atomic mass is 35.5. The molecule has 3 heterocycles. The Bertz CT molecular complexity index is 1140. The smallest absolute Gasteiger partial charge is 0.308 e. The van der Waals surface area contributed by atoms with Gasteiger partial charge in [-0.25, -0.2) is 4.98 Å². The zero-order valence-electron chi connectivity index (χ0n) is 22.1. The summed E-state index contributed by atoms with van der Waals surface area (Å²) < 4.78 is 1.75. The van der Waals surface area contributed by atoms with Gasteiger partial charge in [0.05, 0.1) is 18.2 Å². The minimum Gasteiger partial charge on any atom is -0.481 e. The van der Waals surface area contributed by atoms with E-state index in [0.29, 0.717) is 35.4 Å². The molecule has 1 aromatic rings. The van der Waals surface area contributed by atoms with Gasteiger partial charge in [0.25, 0.3) is 5.56 Å². The average molecular weight is 547 g/mol. The average Bonchev–Trinajstić information content (AvgIpc) is 3.31. The standard InChI is InChI=1S/C28H39ClN4O3S/c1-16-31-24-9-8-19(32(2)3)14-22(24)27(34)33(16)12-4-5-17-6-7-18(29)13-21(17)20-10-11-30-25-23(28(35)36)15-37-26(20)25/h17-21,23,25-26,30H,6-15H2,1-3H3,(H,35,36)/t17?,18?,19-,20?,21?,23?,25?,26?/m0/s1. The van der Waals surface area contributed by atoms with Gasteiger partial charge in [-0.2, -0.15) is 11.8 Å². The van der Waals surface area contributed by atoms with Crippen LogP contribution in [-0.2, 0) is 24.2 Å². The molecule has 1 saturated carbocycles. The molecule has 2 aliphatic carbocycles. The molecule has 0 radical (unpaired) electrons. The summed E-state index contributed by atoms with van der Waals surface area (Å²) >= 11 is 8.48. The third-order valence-electron chi connectivity index (χ3n) is 9.19. The molecule has 0 spiro atoms. The third kappa shape index (κ3) is 5.48. The van der Waals surface area contributed by atoms with Crippen molar-refractivity contribution in [3.63, 3.8) is 0 Å². The number of nitrogens with zero attached hydrogens (tertiary/aromatic N) is 3.